The van der Waals surface area contributed by atoms with Gasteiger partial charge in [0.05, 0.1) is 17.0 Å². The summed E-state index contributed by atoms with van der Waals surface area (Å²) in [7, 11) is 1.86. The van der Waals surface area contributed by atoms with Crippen molar-refractivity contribution in [2.45, 2.75) is 13.8 Å². The number of aromatic nitrogens is 2. The van der Waals surface area contributed by atoms with E-state index < -0.39 is 0 Å². The molecule has 0 bridgehead atoms. The standard InChI is InChI=1S/C9H9N3/c1-7-9(5-4-6-10)8(2)12(3)11-7/h1-3H3. The Labute approximate surface area is 71.6 Å². The van der Waals surface area contributed by atoms with Crippen LogP contribution in [0, 0.1) is 37.0 Å². The molecule has 1 heterocycles. The van der Waals surface area contributed by atoms with Crippen molar-refractivity contribution in [2.24, 2.45) is 7.05 Å². The highest BCUT2D eigenvalue weighted by molar-refractivity contribution is 5.43. The first kappa shape index (κ1) is 8.36. The van der Waals surface area contributed by atoms with Crippen molar-refractivity contribution in [3.8, 4) is 17.9 Å². The third kappa shape index (κ3) is 1.31. The summed E-state index contributed by atoms with van der Waals surface area (Å²) in [6, 6.07) is 1.78. The highest BCUT2D eigenvalue weighted by atomic mass is 15.3. The molecule has 0 saturated heterocycles. The normalized spacial score (nSPS) is 8.50. The Bertz CT molecular complexity index is 396. The van der Waals surface area contributed by atoms with Crippen molar-refractivity contribution in [1.82, 2.24) is 9.78 Å². The fourth-order valence-corrected chi connectivity index (χ4v) is 1.04. The van der Waals surface area contributed by atoms with E-state index in [0.717, 1.165) is 17.0 Å². The molecule has 1 aromatic heterocycles. The van der Waals surface area contributed by atoms with Crippen LogP contribution in [0.25, 0.3) is 0 Å². The molecule has 1 aromatic rings. The van der Waals surface area contributed by atoms with Gasteiger partial charge >= 0.3 is 0 Å². The number of hydrogen-bond donors (Lipinski definition) is 0. The molecule has 0 amide bonds. The molecule has 0 fully saturated rings. The Morgan fingerprint density at radius 3 is 2.50 bits per heavy atom. The van der Waals surface area contributed by atoms with Crippen LogP contribution in [0.5, 0.6) is 0 Å². The van der Waals surface area contributed by atoms with Gasteiger partial charge in [0.15, 0.2) is 6.07 Å². The molecular weight excluding hydrogens is 150 g/mol. The van der Waals surface area contributed by atoms with E-state index in [1.165, 1.54) is 0 Å². The van der Waals surface area contributed by atoms with Crippen molar-refractivity contribution < 1.29 is 0 Å². The van der Waals surface area contributed by atoms with E-state index in [0.29, 0.717) is 0 Å². The minimum absolute atomic E-state index is 0.860. The molecular formula is C9H9N3. The average Bonchev–Trinajstić information content (AvgIpc) is 2.25. The molecule has 1 rings (SSSR count). The van der Waals surface area contributed by atoms with Gasteiger partial charge in [-0.15, -0.1) is 0 Å². The van der Waals surface area contributed by atoms with Crippen LogP contribution in [0.15, 0.2) is 0 Å². The molecule has 0 N–H and O–H groups in total. The minimum Gasteiger partial charge on any atom is -0.271 e. The zero-order valence-corrected chi connectivity index (χ0v) is 7.34. The van der Waals surface area contributed by atoms with Crippen LogP contribution in [0.4, 0.5) is 0 Å². The monoisotopic (exact) mass is 159 g/mol. The van der Waals surface area contributed by atoms with Crippen LogP contribution >= 0.6 is 0 Å². The molecule has 0 aliphatic heterocycles. The first-order valence-corrected chi connectivity index (χ1v) is 3.57. The predicted molar refractivity (Wildman–Crippen MR) is 45.2 cm³/mol. The predicted octanol–water partition coefficient (Wildman–Crippen LogP) is 0.912. The second kappa shape index (κ2) is 3.11. The van der Waals surface area contributed by atoms with E-state index in [-0.39, 0.29) is 0 Å². The summed E-state index contributed by atoms with van der Waals surface area (Å²) in [6.45, 7) is 3.82. The lowest BCUT2D eigenvalue weighted by Crippen LogP contribution is -1.92. The zero-order valence-electron chi connectivity index (χ0n) is 7.34. The fraction of sp³-hybridized carbons (Fsp3) is 0.333. The maximum absolute atomic E-state index is 8.27. The average molecular weight is 159 g/mol. The maximum Gasteiger partial charge on any atom is 0.152 e. The lowest BCUT2D eigenvalue weighted by Gasteiger charge is -1.90. The van der Waals surface area contributed by atoms with E-state index >= 15 is 0 Å². The quantitative estimate of drug-likeness (QED) is 0.528. The second-order valence-corrected chi connectivity index (χ2v) is 2.53. The van der Waals surface area contributed by atoms with E-state index in [2.05, 4.69) is 16.9 Å². The van der Waals surface area contributed by atoms with Crippen molar-refractivity contribution in [3.63, 3.8) is 0 Å². The Balaban J connectivity index is 3.25. The van der Waals surface area contributed by atoms with Crippen LogP contribution in [0.3, 0.4) is 0 Å². The van der Waals surface area contributed by atoms with Crippen LogP contribution < -0.4 is 0 Å². The van der Waals surface area contributed by atoms with Gasteiger partial charge in [-0.05, 0) is 19.8 Å². The van der Waals surface area contributed by atoms with Gasteiger partial charge in [-0.25, -0.2) is 0 Å². The van der Waals surface area contributed by atoms with Gasteiger partial charge in [0.25, 0.3) is 0 Å². The molecule has 0 radical (unpaired) electrons. The number of rotatable bonds is 0. The molecule has 0 aliphatic carbocycles. The second-order valence-electron chi connectivity index (χ2n) is 2.53. The Hall–Kier alpha value is -1.74. The summed E-state index contributed by atoms with van der Waals surface area (Å²) >= 11 is 0. The fourth-order valence-electron chi connectivity index (χ4n) is 1.04. The van der Waals surface area contributed by atoms with Gasteiger partial charge in [0.2, 0.25) is 0 Å². The topological polar surface area (TPSA) is 41.6 Å². The van der Waals surface area contributed by atoms with Crippen molar-refractivity contribution >= 4 is 0 Å². The number of aryl methyl sites for hydroxylation is 2. The van der Waals surface area contributed by atoms with Crippen molar-refractivity contribution in [3.05, 3.63) is 17.0 Å². The molecule has 0 saturated carbocycles. The highest BCUT2D eigenvalue weighted by Gasteiger charge is 2.05. The maximum atomic E-state index is 8.27. The van der Waals surface area contributed by atoms with Crippen molar-refractivity contribution in [2.75, 3.05) is 0 Å². The Morgan fingerprint density at radius 2 is 2.08 bits per heavy atom. The van der Waals surface area contributed by atoms with Crippen LogP contribution in [-0.2, 0) is 7.05 Å². The summed E-state index contributed by atoms with van der Waals surface area (Å²) in [5.74, 6) is 5.12. The molecule has 0 spiro atoms. The largest absolute Gasteiger partial charge is 0.271 e. The van der Waals surface area contributed by atoms with Gasteiger partial charge in [-0.3, -0.25) is 4.68 Å². The van der Waals surface area contributed by atoms with Crippen molar-refractivity contribution in [1.29, 1.82) is 5.26 Å². The van der Waals surface area contributed by atoms with Gasteiger partial charge in [-0.1, -0.05) is 0 Å². The summed E-state index contributed by atoms with van der Waals surface area (Å²) < 4.78 is 1.76. The van der Waals surface area contributed by atoms with Gasteiger partial charge in [-0.2, -0.15) is 10.4 Å². The summed E-state index contributed by atoms with van der Waals surface area (Å²) in [4.78, 5) is 0. The van der Waals surface area contributed by atoms with Crippen LogP contribution in [0.2, 0.25) is 0 Å². The SMILES string of the molecule is Cc1nn(C)c(C)c1C#CC#N. The minimum atomic E-state index is 0.860. The first-order valence-electron chi connectivity index (χ1n) is 3.57. The number of nitrogens with zero attached hydrogens (tertiary/aromatic N) is 3. The molecule has 3 nitrogen and oxygen atoms in total. The highest BCUT2D eigenvalue weighted by Crippen LogP contribution is 2.09. The van der Waals surface area contributed by atoms with E-state index in [9.17, 15) is 0 Å². The third-order valence-corrected chi connectivity index (χ3v) is 1.75. The Kier molecular flexibility index (Phi) is 2.16. The molecule has 3 heteroatoms. The lowest BCUT2D eigenvalue weighted by molar-refractivity contribution is 0.731. The van der Waals surface area contributed by atoms with Crippen LogP contribution in [-0.4, -0.2) is 9.78 Å². The van der Waals surface area contributed by atoms with E-state index in [1.54, 1.807) is 10.8 Å². The number of hydrogen-bond acceptors (Lipinski definition) is 2. The first-order chi connectivity index (χ1) is 5.66. The molecule has 0 aromatic carbocycles. The molecule has 0 aliphatic rings. The smallest absolute Gasteiger partial charge is 0.152 e. The molecule has 0 atom stereocenters. The van der Waals surface area contributed by atoms with Crippen LogP contribution in [0.1, 0.15) is 17.0 Å². The lowest BCUT2D eigenvalue weighted by atomic mass is 10.2. The van der Waals surface area contributed by atoms with Gasteiger partial charge < -0.3 is 0 Å². The zero-order chi connectivity index (χ0) is 9.14. The molecule has 60 valence electrons. The van der Waals surface area contributed by atoms with E-state index in [1.807, 2.05) is 20.9 Å². The molecule has 0 unspecified atom stereocenters. The van der Waals surface area contributed by atoms with E-state index in [4.69, 9.17) is 5.26 Å². The van der Waals surface area contributed by atoms with Gasteiger partial charge in [0, 0.05) is 13.0 Å². The Morgan fingerprint density at radius 1 is 1.42 bits per heavy atom. The summed E-state index contributed by atoms with van der Waals surface area (Å²) in [5.41, 5.74) is 2.73. The van der Waals surface area contributed by atoms with Gasteiger partial charge in [0.1, 0.15) is 0 Å². The summed E-state index contributed by atoms with van der Waals surface area (Å²) in [6.07, 6.45) is 0. The third-order valence-electron chi connectivity index (χ3n) is 1.75. The summed E-state index contributed by atoms with van der Waals surface area (Å²) in [5, 5.41) is 12.4. The number of nitriles is 1. The molecule has 12 heavy (non-hydrogen) atoms.